The molecule has 7 rings (SSSR count). The highest BCUT2D eigenvalue weighted by molar-refractivity contribution is 5.89. The minimum absolute atomic E-state index is 0.0117. The van der Waals surface area contributed by atoms with Crippen molar-refractivity contribution >= 4 is 22.4 Å². The molecule has 4 aliphatic rings. The van der Waals surface area contributed by atoms with Crippen LogP contribution >= 0.6 is 0 Å². The van der Waals surface area contributed by atoms with Crippen molar-refractivity contribution in [1.29, 1.82) is 0 Å². The van der Waals surface area contributed by atoms with Gasteiger partial charge in [-0.25, -0.2) is 4.98 Å². The monoisotopic (exact) mass is 472 g/mol. The fraction of sp³-hybridized carbons (Fsp3) is 0.481. The van der Waals surface area contributed by atoms with Crippen molar-refractivity contribution in [1.82, 2.24) is 19.8 Å². The van der Waals surface area contributed by atoms with Crippen LogP contribution in [-0.2, 0) is 18.3 Å². The molecule has 8 nitrogen and oxygen atoms in total. The molecule has 0 aliphatic carbocycles. The van der Waals surface area contributed by atoms with Crippen LogP contribution in [0.4, 0.5) is 11.4 Å². The summed E-state index contributed by atoms with van der Waals surface area (Å²) in [6.07, 6.45) is 2.05. The predicted octanol–water partition coefficient (Wildman–Crippen LogP) is 1.88. The first-order chi connectivity index (χ1) is 17.1. The molecule has 0 unspecified atom stereocenters. The highest BCUT2D eigenvalue weighted by Crippen LogP contribution is 2.42. The van der Waals surface area contributed by atoms with E-state index in [4.69, 9.17) is 4.74 Å². The normalized spacial score (nSPS) is 28.3. The molecule has 182 valence electrons. The minimum Gasteiger partial charge on any atom is -0.373 e. The number of hydrogen-bond donors (Lipinski definition) is 1. The number of hydrogen-bond acceptors (Lipinski definition) is 7. The van der Waals surface area contributed by atoms with Gasteiger partial charge in [0.2, 0.25) is 0 Å². The van der Waals surface area contributed by atoms with Gasteiger partial charge in [-0.15, -0.1) is 0 Å². The van der Waals surface area contributed by atoms with Gasteiger partial charge < -0.3 is 19.9 Å². The summed E-state index contributed by atoms with van der Waals surface area (Å²) >= 11 is 0. The maximum absolute atomic E-state index is 12.7. The van der Waals surface area contributed by atoms with E-state index in [2.05, 4.69) is 56.2 Å². The number of nitrogens with zero attached hydrogens (tertiary/aromatic N) is 5. The van der Waals surface area contributed by atoms with Crippen LogP contribution in [-0.4, -0.2) is 72.0 Å². The van der Waals surface area contributed by atoms with Gasteiger partial charge in [-0.05, 0) is 42.3 Å². The number of fused-ring (bicyclic) bond motifs is 5. The third-order valence-corrected chi connectivity index (χ3v) is 8.47. The molecule has 35 heavy (non-hydrogen) atoms. The molecular formula is C27H32N6O2. The van der Waals surface area contributed by atoms with Crippen molar-refractivity contribution < 1.29 is 4.74 Å². The highest BCUT2D eigenvalue weighted by Gasteiger charge is 2.40. The first kappa shape index (κ1) is 21.4. The zero-order valence-electron chi connectivity index (χ0n) is 20.4. The van der Waals surface area contributed by atoms with Gasteiger partial charge in [0.1, 0.15) is 5.65 Å². The molecule has 1 aromatic carbocycles. The van der Waals surface area contributed by atoms with Gasteiger partial charge in [0.15, 0.2) is 0 Å². The fourth-order valence-corrected chi connectivity index (χ4v) is 6.63. The van der Waals surface area contributed by atoms with Gasteiger partial charge in [0, 0.05) is 75.7 Å². The maximum atomic E-state index is 12.7. The van der Waals surface area contributed by atoms with Crippen LogP contribution in [0.3, 0.4) is 0 Å². The van der Waals surface area contributed by atoms with Crippen LogP contribution < -0.4 is 20.7 Å². The van der Waals surface area contributed by atoms with Crippen molar-refractivity contribution in [2.24, 2.45) is 7.05 Å². The van der Waals surface area contributed by atoms with Gasteiger partial charge in [-0.1, -0.05) is 6.07 Å². The average molecular weight is 473 g/mol. The lowest BCUT2D eigenvalue weighted by Gasteiger charge is -2.43. The zero-order chi connectivity index (χ0) is 23.7. The van der Waals surface area contributed by atoms with E-state index < -0.39 is 0 Å². The lowest BCUT2D eigenvalue weighted by Crippen LogP contribution is -2.51. The number of morpholine rings is 1. The Morgan fingerprint density at radius 1 is 1.09 bits per heavy atom. The molecule has 3 aromatic rings. The summed E-state index contributed by atoms with van der Waals surface area (Å²) in [5, 5.41) is 4.65. The smallest absolute Gasteiger partial charge is 0.253 e. The third-order valence-electron chi connectivity index (χ3n) is 8.47. The second kappa shape index (κ2) is 8.05. The molecule has 3 fully saturated rings. The first-order valence-corrected chi connectivity index (χ1v) is 12.7. The number of ether oxygens (including phenoxy) is 1. The van der Waals surface area contributed by atoms with Gasteiger partial charge in [-0.2, -0.15) is 0 Å². The van der Waals surface area contributed by atoms with Crippen molar-refractivity contribution in [2.75, 3.05) is 49.1 Å². The Balaban J connectivity index is 1.19. The lowest BCUT2D eigenvalue weighted by molar-refractivity contribution is 0.0212. The summed E-state index contributed by atoms with van der Waals surface area (Å²) in [4.78, 5) is 24.7. The van der Waals surface area contributed by atoms with Crippen molar-refractivity contribution in [3.05, 3.63) is 64.1 Å². The van der Waals surface area contributed by atoms with Crippen molar-refractivity contribution in [3.8, 4) is 0 Å². The van der Waals surface area contributed by atoms with Crippen molar-refractivity contribution in [3.63, 3.8) is 0 Å². The summed E-state index contributed by atoms with van der Waals surface area (Å²) < 4.78 is 7.63. The molecule has 0 bridgehead atoms. The van der Waals surface area contributed by atoms with E-state index in [1.54, 1.807) is 23.9 Å². The molecule has 4 atom stereocenters. The minimum atomic E-state index is -0.0117. The number of aryl methyl sites for hydroxylation is 1. The number of anilines is 2. The molecule has 3 saturated heterocycles. The number of piperazine rings is 1. The summed E-state index contributed by atoms with van der Waals surface area (Å²) in [5.74, 6) is 0. The molecule has 0 spiro atoms. The van der Waals surface area contributed by atoms with E-state index in [0.29, 0.717) is 24.2 Å². The molecule has 2 aromatic heterocycles. The van der Waals surface area contributed by atoms with E-state index in [1.807, 2.05) is 6.07 Å². The van der Waals surface area contributed by atoms with Gasteiger partial charge in [0.05, 0.1) is 30.5 Å². The second-order valence-corrected chi connectivity index (χ2v) is 10.5. The van der Waals surface area contributed by atoms with E-state index in [-0.39, 0.29) is 5.56 Å². The largest absolute Gasteiger partial charge is 0.373 e. The van der Waals surface area contributed by atoms with Crippen LogP contribution in [0.25, 0.3) is 11.0 Å². The Kier molecular flexibility index (Phi) is 4.91. The molecule has 0 saturated carbocycles. The van der Waals surface area contributed by atoms with E-state index in [1.165, 1.54) is 16.8 Å². The highest BCUT2D eigenvalue weighted by atomic mass is 16.5. The quantitative estimate of drug-likeness (QED) is 0.611. The standard InChI is InChI=1S/C27H32N6O2/c1-17-12-32(23-11-26(34)30(2)27-21(23)4-3-7-29-27)15-24-20-6-5-19(10-18(20)13-33(17)24)31-14-22-25(16-31)35-9-8-28-22/h3-7,10-11,17,22,24-25,28H,8-9,12-16H2,1-2H3/t17-,22-,24-,25-/m1/s1. The number of aromatic nitrogens is 2. The van der Waals surface area contributed by atoms with E-state index in [9.17, 15) is 4.79 Å². The van der Waals surface area contributed by atoms with Gasteiger partial charge >= 0.3 is 0 Å². The Morgan fingerprint density at radius 3 is 2.89 bits per heavy atom. The molecule has 6 heterocycles. The van der Waals surface area contributed by atoms with Gasteiger partial charge in [-0.3, -0.25) is 14.3 Å². The SMILES string of the molecule is C[C@@H]1CN(c2cc(=O)n(C)c3ncccc23)C[C@@H]2c3ccc(N4C[C@H]5NCCO[C@@H]5C4)cc3CN12. The number of nitrogens with one attached hydrogen (secondary N) is 1. The average Bonchev–Trinajstić information content (AvgIpc) is 3.48. The van der Waals surface area contributed by atoms with Gasteiger partial charge in [0.25, 0.3) is 5.56 Å². The third kappa shape index (κ3) is 3.38. The molecular weight excluding hydrogens is 440 g/mol. The van der Waals surface area contributed by atoms with Crippen LogP contribution in [0.2, 0.25) is 0 Å². The number of pyridine rings is 2. The topological polar surface area (TPSA) is 65.9 Å². The number of benzene rings is 1. The van der Waals surface area contributed by atoms with Crippen LogP contribution in [0.15, 0.2) is 47.4 Å². The summed E-state index contributed by atoms with van der Waals surface area (Å²) in [5.41, 5.74) is 5.88. The summed E-state index contributed by atoms with van der Waals surface area (Å²) in [6.45, 7) is 8.78. The maximum Gasteiger partial charge on any atom is 0.253 e. The molecule has 8 heteroatoms. The number of rotatable bonds is 2. The van der Waals surface area contributed by atoms with Crippen molar-refractivity contribution in [2.45, 2.75) is 37.7 Å². The van der Waals surface area contributed by atoms with Crippen LogP contribution in [0.1, 0.15) is 24.1 Å². The predicted molar refractivity (Wildman–Crippen MR) is 137 cm³/mol. The first-order valence-electron chi connectivity index (χ1n) is 12.7. The second-order valence-electron chi connectivity index (χ2n) is 10.5. The summed E-state index contributed by atoms with van der Waals surface area (Å²) in [7, 11) is 1.80. The molecule has 4 aliphatic heterocycles. The Hall–Kier alpha value is -2.94. The Labute approximate surface area is 205 Å². The molecule has 1 N–H and O–H groups in total. The lowest BCUT2D eigenvalue weighted by atomic mass is 10.0. The Morgan fingerprint density at radius 2 is 2.00 bits per heavy atom. The summed E-state index contributed by atoms with van der Waals surface area (Å²) in [6, 6.07) is 14.0. The molecule has 0 amide bonds. The molecule has 0 radical (unpaired) electrons. The zero-order valence-corrected chi connectivity index (χ0v) is 20.4. The van der Waals surface area contributed by atoms with Crippen LogP contribution in [0.5, 0.6) is 0 Å². The van der Waals surface area contributed by atoms with Crippen LogP contribution in [0, 0.1) is 0 Å². The fourth-order valence-electron chi connectivity index (χ4n) is 6.63. The Bertz CT molecular complexity index is 1340. The van der Waals surface area contributed by atoms with E-state index >= 15 is 0 Å². The van der Waals surface area contributed by atoms with E-state index in [0.717, 1.165) is 62.6 Å².